The summed E-state index contributed by atoms with van der Waals surface area (Å²) in [5.74, 6) is -0.718. The number of pyridine rings is 1. The summed E-state index contributed by atoms with van der Waals surface area (Å²) in [7, 11) is 0. The van der Waals surface area contributed by atoms with Crippen LogP contribution < -0.4 is 4.74 Å². The van der Waals surface area contributed by atoms with Crippen LogP contribution in [0.25, 0.3) is 11.2 Å². The number of fused-ring (bicyclic) bond motifs is 1. The predicted octanol–water partition coefficient (Wildman–Crippen LogP) is 3.88. The van der Waals surface area contributed by atoms with Crippen molar-refractivity contribution in [2.24, 2.45) is 16.0 Å². The number of halogens is 3. The molecule has 2 saturated heterocycles. The summed E-state index contributed by atoms with van der Waals surface area (Å²) < 4.78 is 40.5. The van der Waals surface area contributed by atoms with E-state index in [9.17, 15) is 13.9 Å². The Labute approximate surface area is 227 Å². The number of aliphatic imine (C=N–C) groups is 1. The molecule has 2 fully saturated rings. The first-order valence-electron chi connectivity index (χ1n) is 12.4. The van der Waals surface area contributed by atoms with Gasteiger partial charge >= 0.3 is 0 Å². The minimum atomic E-state index is -1.24. The summed E-state index contributed by atoms with van der Waals surface area (Å²) in [5.41, 5.74) is 9.32. The van der Waals surface area contributed by atoms with Gasteiger partial charge in [-0.15, -0.1) is 0 Å². The second-order valence-corrected chi connectivity index (χ2v) is 9.85. The summed E-state index contributed by atoms with van der Waals surface area (Å²) in [4.78, 5) is 14.1. The van der Waals surface area contributed by atoms with Crippen LogP contribution in [0, 0.1) is 17.3 Å². The number of aromatic nitrogens is 4. The number of nitrogens with zero attached hydrogens (tertiary/aromatic N) is 7. The van der Waals surface area contributed by atoms with Gasteiger partial charge in [-0.05, 0) is 26.0 Å². The molecule has 2 aliphatic rings. The second-order valence-electron chi connectivity index (χ2n) is 9.44. The van der Waals surface area contributed by atoms with Crippen LogP contribution in [0.2, 0.25) is 5.02 Å². The Morgan fingerprint density at radius 3 is 2.79 bits per heavy atom. The molecule has 1 unspecified atom stereocenters. The monoisotopic (exact) mass is 560 g/mol. The highest BCUT2D eigenvalue weighted by Gasteiger charge is 2.34. The average Bonchev–Trinajstić information content (AvgIpc) is 3.27. The van der Waals surface area contributed by atoms with Crippen molar-refractivity contribution in [3.05, 3.63) is 58.8 Å². The van der Waals surface area contributed by atoms with Gasteiger partial charge in [-0.1, -0.05) is 11.6 Å². The molecule has 3 aromatic heterocycles. The molecule has 0 saturated carbocycles. The molecule has 0 aromatic carbocycles. The van der Waals surface area contributed by atoms with Gasteiger partial charge in [0, 0.05) is 30.4 Å². The van der Waals surface area contributed by atoms with E-state index in [1.165, 1.54) is 10.7 Å². The van der Waals surface area contributed by atoms with Crippen molar-refractivity contribution in [1.82, 2.24) is 24.5 Å². The van der Waals surface area contributed by atoms with Crippen molar-refractivity contribution >= 4 is 29.0 Å². The Balaban J connectivity index is 1.35. The maximum Gasteiger partial charge on any atom is 0.160 e. The fourth-order valence-electron chi connectivity index (χ4n) is 4.53. The Morgan fingerprint density at radius 1 is 1.36 bits per heavy atom. The zero-order valence-electron chi connectivity index (χ0n) is 21.0. The van der Waals surface area contributed by atoms with Crippen LogP contribution in [-0.2, 0) is 4.74 Å². The highest BCUT2D eigenvalue weighted by Crippen LogP contribution is 2.33. The molecular weight excluding hydrogens is 534 g/mol. The fraction of sp³-hybridized carbons (Fsp3) is 0.440. The van der Waals surface area contributed by atoms with Gasteiger partial charge in [0.1, 0.15) is 35.8 Å². The number of rotatable bonds is 9. The number of ether oxygens (including phenoxy) is 2. The van der Waals surface area contributed by atoms with Gasteiger partial charge in [-0.2, -0.15) is 10.2 Å². The highest BCUT2D eigenvalue weighted by atomic mass is 35.5. The largest absolute Gasteiger partial charge is 0.488 e. The lowest BCUT2D eigenvalue weighted by molar-refractivity contribution is -0.0812. The Bertz CT molecular complexity index is 1400. The summed E-state index contributed by atoms with van der Waals surface area (Å²) >= 11 is 6.31. The molecule has 2 aliphatic heterocycles. The number of alkyl halides is 1. The van der Waals surface area contributed by atoms with E-state index in [1.807, 2.05) is 0 Å². The number of nitrogens with one attached hydrogen (secondary N) is 1. The number of aliphatic hydroxyl groups is 1. The predicted molar refractivity (Wildman–Crippen MR) is 138 cm³/mol. The minimum Gasteiger partial charge on any atom is -0.488 e. The lowest BCUT2D eigenvalue weighted by Gasteiger charge is -2.42. The molecule has 2 N–H and O–H groups in total. The van der Waals surface area contributed by atoms with Gasteiger partial charge in [0.2, 0.25) is 0 Å². The van der Waals surface area contributed by atoms with Gasteiger partial charge in [-0.25, -0.2) is 28.8 Å². The van der Waals surface area contributed by atoms with E-state index in [2.05, 4.69) is 30.1 Å². The van der Waals surface area contributed by atoms with Crippen molar-refractivity contribution in [2.75, 3.05) is 32.9 Å². The molecule has 14 heteroatoms. The molecule has 39 heavy (non-hydrogen) atoms. The van der Waals surface area contributed by atoms with Gasteiger partial charge in [0.05, 0.1) is 48.6 Å². The summed E-state index contributed by atoms with van der Waals surface area (Å²) in [6, 6.07) is 1.90. The molecule has 5 rings (SSSR count). The van der Waals surface area contributed by atoms with Crippen LogP contribution in [0.15, 0.2) is 46.7 Å². The van der Waals surface area contributed by atoms with E-state index < -0.39 is 18.1 Å². The van der Waals surface area contributed by atoms with Crippen LogP contribution in [0.5, 0.6) is 5.75 Å². The Morgan fingerprint density at radius 2 is 2.13 bits per heavy atom. The van der Waals surface area contributed by atoms with E-state index >= 15 is 0 Å². The van der Waals surface area contributed by atoms with Gasteiger partial charge in [0.25, 0.3) is 0 Å². The fourth-order valence-corrected chi connectivity index (χ4v) is 4.75. The second kappa shape index (κ2) is 11.8. The van der Waals surface area contributed by atoms with E-state index in [4.69, 9.17) is 26.6 Å². The molecule has 5 heterocycles. The average molecular weight is 561 g/mol. The van der Waals surface area contributed by atoms with Crippen LogP contribution in [0.4, 0.5) is 8.78 Å². The number of likely N-dealkylation sites (tertiary alicyclic amines) is 1. The molecule has 0 aliphatic carbocycles. The SMILES string of the molecule is CC(/N=C\C1CCN(C2COC2)C[C@@H]1F)=C(/N=N)c1cc(OC[C@H](O)c2ncc(F)cn2)c2c(Cl)cnn2c1. The number of hydrogen-bond donors (Lipinski definition) is 2. The van der Waals surface area contributed by atoms with Crippen molar-refractivity contribution in [3.8, 4) is 5.75 Å². The Hall–Kier alpha value is -3.39. The van der Waals surface area contributed by atoms with Crippen molar-refractivity contribution < 1.29 is 23.4 Å². The van der Waals surface area contributed by atoms with Crippen LogP contribution in [0.1, 0.15) is 30.8 Å². The Kier molecular flexibility index (Phi) is 8.21. The number of piperidine rings is 1. The molecule has 0 bridgehead atoms. The van der Waals surface area contributed by atoms with E-state index in [-0.39, 0.29) is 29.8 Å². The maximum atomic E-state index is 14.9. The summed E-state index contributed by atoms with van der Waals surface area (Å²) in [6.07, 6.45) is 4.90. The lowest BCUT2D eigenvalue weighted by atomic mass is 9.94. The standard InChI is InChI=1S/C25H27ClF2N8O3/c1-14(30-5-15-2-3-35(10-20(15)28)18-11-38-12-18)23(34-29)16-4-22(24-19(26)8-33-36(24)9-16)39-13-21(37)25-31-6-17(27)7-32-25/h4-9,15,18,20-21,29,37H,2-3,10-13H2,1H3/b23-14-,30-5-,34-29?/t15?,20-,21-/m0/s1. The first-order chi connectivity index (χ1) is 18.8. The molecule has 3 aromatic rings. The van der Waals surface area contributed by atoms with Gasteiger partial charge < -0.3 is 14.6 Å². The van der Waals surface area contributed by atoms with Crippen molar-refractivity contribution in [2.45, 2.75) is 31.7 Å². The van der Waals surface area contributed by atoms with E-state index in [0.717, 1.165) is 18.9 Å². The smallest absolute Gasteiger partial charge is 0.160 e. The zero-order valence-corrected chi connectivity index (χ0v) is 21.8. The third-order valence-electron chi connectivity index (χ3n) is 6.81. The molecule has 11 nitrogen and oxygen atoms in total. The molecule has 0 radical (unpaired) electrons. The van der Waals surface area contributed by atoms with Crippen molar-refractivity contribution in [1.29, 1.82) is 5.53 Å². The van der Waals surface area contributed by atoms with E-state index in [1.54, 1.807) is 25.4 Å². The topological polar surface area (TPSA) is 134 Å². The quantitative estimate of drug-likeness (QED) is 0.300. The van der Waals surface area contributed by atoms with E-state index in [0.29, 0.717) is 54.0 Å². The first-order valence-corrected chi connectivity index (χ1v) is 12.8. The highest BCUT2D eigenvalue weighted by molar-refractivity contribution is 6.34. The lowest BCUT2D eigenvalue weighted by Crippen LogP contribution is -2.54. The van der Waals surface area contributed by atoms with Gasteiger partial charge in [0.15, 0.2) is 11.6 Å². The number of hydrogen-bond acceptors (Lipinski definition) is 10. The minimum absolute atomic E-state index is 0.00637. The third kappa shape index (κ3) is 5.96. The molecule has 3 atom stereocenters. The van der Waals surface area contributed by atoms with Crippen LogP contribution in [-0.4, -0.2) is 80.9 Å². The molecule has 0 amide bonds. The summed E-state index contributed by atoms with van der Waals surface area (Å²) in [6.45, 7) is 3.85. The molecular formula is C25H27ClF2N8O3. The molecule has 0 spiro atoms. The number of allylic oxidation sites excluding steroid dienone is 1. The van der Waals surface area contributed by atoms with Crippen LogP contribution >= 0.6 is 11.6 Å². The van der Waals surface area contributed by atoms with Crippen LogP contribution in [0.3, 0.4) is 0 Å². The zero-order chi connectivity index (χ0) is 27.5. The van der Waals surface area contributed by atoms with Gasteiger partial charge in [-0.3, -0.25) is 9.89 Å². The van der Waals surface area contributed by atoms with Crippen molar-refractivity contribution in [3.63, 3.8) is 0 Å². The number of aliphatic hydroxyl groups excluding tert-OH is 1. The normalized spacial score (nSPS) is 22.1. The first kappa shape index (κ1) is 27.2. The summed E-state index contributed by atoms with van der Waals surface area (Å²) in [5, 5.41) is 18.6. The third-order valence-corrected chi connectivity index (χ3v) is 7.09. The molecule has 206 valence electrons. The maximum absolute atomic E-state index is 14.9.